The van der Waals surface area contributed by atoms with Gasteiger partial charge in [-0.2, -0.15) is 0 Å². The van der Waals surface area contributed by atoms with Crippen LogP contribution in [0.5, 0.6) is 0 Å². The van der Waals surface area contributed by atoms with Crippen LogP contribution in [-0.2, 0) is 19.1 Å². The van der Waals surface area contributed by atoms with Gasteiger partial charge >= 0.3 is 11.9 Å². The molecule has 0 amide bonds. The van der Waals surface area contributed by atoms with Gasteiger partial charge < -0.3 is 14.8 Å². The Morgan fingerprint density at radius 1 is 1.09 bits per heavy atom. The van der Waals surface area contributed by atoms with E-state index in [1.54, 1.807) is 6.07 Å². The first-order valence-corrected chi connectivity index (χ1v) is 8.23. The fourth-order valence-electron chi connectivity index (χ4n) is 1.62. The van der Waals surface area contributed by atoms with Gasteiger partial charge in [-0.15, -0.1) is 0 Å². The van der Waals surface area contributed by atoms with Crippen molar-refractivity contribution in [3.8, 4) is 0 Å². The number of rotatable bonds is 2. The topological polar surface area (TPSA) is 64.6 Å². The first kappa shape index (κ1) is 17.6. The lowest BCUT2D eigenvalue weighted by atomic mass is 10.2. The van der Waals surface area contributed by atoms with Crippen molar-refractivity contribution in [3.63, 3.8) is 0 Å². The second-order valence-corrected chi connectivity index (χ2v) is 7.19. The maximum Gasteiger partial charge on any atom is 0.350 e. The Hall–Kier alpha value is -0.760. The molecule has 1 heterocycles. The molecule has 5 nitrogen and oxygen atoms in total. The highest BCUT2D eigenvalue weighted by Crippen LogP contribution is 2.41. The Labute approximate surface area is 153 Å². The van der Waals surface area contributed by atoms with E-state index in [4.69, 9.17) is 32.7 Å². The summed E-state index contributed by atoms with van der Waals surface area (Å²) in [7, 11) is 0. The smallest absolute Gasteiger partial charge is 0.350 e. The number of esters is 2. The van der Waals surface area contributed by atoms with Crippen molar-refractivity contribution in [1.29, 1.82) is 0 Å². The Morgan fingerprint density at radius 3 is 2.18 bits per heavy atom. The maximum atomic E-state index is 11.8. The summed E-state index contributed by atoms with van der Waals surface area (Å²) in [6, 6.07) is 1.68. The fourth-order valence-corrected chi connectivity index (χ4v) is 3.53. The lowest BCUT2D eigenvalue weighted by Crippen LogP contribution is -2.42. The number of hydrogen-bond donors (Lipinski definition) is 1. The number of benzene rings is 1. The summed E-state index contributed by atoms with van der Waals surface area (Å²) in [5.41, 5.74) is 0.120. The summed E-state index contributed by atoms with van der Waals surface area (Å²) in [5.74, 6) is -2.86. The minimum Gasteiger partial charge on any atom is -0.419 e. The highest BCUT2D eigenvalue weighted by atomic mass is 79.9. The van der Waals surface area contributed by atoms with E-state index in [-0.39, 0.29) is 10.6 Å². The molecule has 118 valence electrons. The molecule has 2 rings (SSSR count). The number of anilines is 1. The van der Waals surface area contributed by atoms with Gasteiger partial charge in [-0.25, -0.2) is 9.59 Å². The zero-order chi connectivity index (χ0) is 16.7. The Kier molecular flexibility index (Phi) is 5.11. The zero-order valence-corrected chi connectivity index (χ0v) is 16.0. The quantitative estimate of drug-likeness (QED) is 0.223. The van der Waals surface area contributed by atoms with Gasteiger partial charge in [0.2, 0.25) is 0 Å². The largest absolute Gasteiger partial charge is 0.419 e. The SMILES string of the molecule is CC1(C)OC(=O)C(=CNc2c(Br)cc(Br)c(Cl)c2Cl)C(=O)O1. The van der Waals surface area contributed by atoms with Crippen LogP contribution < -0.4 is 5.32 Å². The van der Waals surface area contributed by atoms with Gasteiger partial charge in [0.1, 0.15) is 0 Å². The third-order valence-corrected chi connectivity index (χ3v) is 4.94. The van der Waals surface area contributed by atoms with Crippen LogP contribution in [0.3, 0.4) is 0 Å². The molecule has 1 aliphatic heterocycles. The summed E-state index contributed by atoms with van der Waals surface area (Å²) in [6.07, 6.45) is 1.16. The molecule has 9 heteroatoms. The van der Waals surface area contributed by atoms with Gasteiger partial charge in [-0.05, 0) is 37.9 Å². The van der Waals surface area contributed by atoms with Crippen molar-refractivity contribution >= 4 is 72.7 Å². The van der Waals surface area contributed by atoms with Crippen molar-refractivity contribution in [2.24, 2.45) is 0 Å². The van der Waals surface area contributed by atoms with Crippen LogP contribution in [0.15, 0.2) is 26.8 Å². The van der Waals surface area contributed by atoms with Gasteiger partial charge in [-0.3, -0.25) is 0 Å². The van der Waals surface area contributed by atoms with Crippen LogP contribution in [-0.4, -0.2) is 17.7 Å². The third-order valence-electron chi connectivity index (χ3n) is 2.59. The second kappa shape index (κ2) is 6.39. The van der Waals surface area contributed by atoms with Crippen LogP contribution in [0.4, 0.5) is 5.69 Å². The van der Waals surface area contributed by atoms with Crippen LogP contribution in [0.2, 0.25) is 10.0 Å². The highest BCUT2D eigenvalue weighted by molar-refractivity contribution is 9.11. The second-order valence-electron chi connectivity index (χ2n) is 4.72. The summed E-state index contributed by atoms with van der Waals surface area (Å²) in [5, 5.41) is 3.27. The average Bonchev–Trinajstić information content (AvgIpc) is 2.37. The molecule has 0 aromatic heterocycles. The molecule has 0 spiro atoms. The summed E-state index contributed by atoms with van der Waals surface area (Å²) in [4.78, 5) is 23.6. The molecule has 0 saturated carbocycles. The van der Waals surface area contributed by atoms with Crippen molar-refractivity contribution < 1.29 is 19.1 Å². The normalized spacial score (nSPS) is 16.9. The third kappa shape index (κ3) is 3.59. The van der Waals surface area contributed by atoms with Crippen molar-refractivity contribution in [2.45, 2.75) is 19.6 Å². The van der Waals surface area contributed by atoms with E-state index < -0.39 is 17.7 Å². The Morgan fingerprint density at radius 2 is 1.64 bits per heavy atom. The van der Waals surface area contributed by atoms with E-state index in [0.717, 1.165) is 6.20 Å². The van der Waals surface area contributed by atoms with Crippen LogP contribution in [0.25, 0.3) is 0 Å². The molecule has 0 bridgehead atoms. The first-order valence-electron chi connectivity index (χ1n) is 5.89. The number of ether oxygens (including phenoxy) is 2. The maximum absolute atomic E-state index is 11.8. The molecule has 1 N–H and O–H groups in total. The number of halogens is 4. The van der Waals surface area contributed by atoms with Crippen LogP contribution in [0, 0.1) is 0 Å². The molecular formula is C13H9Br2Cl2NO4. The number of hydrogen-bond acceptors (Lipinski definition) is 5. The standard InChI is InChI=1S/C13H9Br2Cl2NO4/c1-13(2)21-11(19)5(12(20)22-13)4-18-10-7(15)3-6(14)8(16)9(10)17/h3-4,18H,1-2H3. The molecule has 1 fully saturated rings. The van der Waals surface area contributed by atoms with E-state index in [1.807, 2.05) is 0 Å². The summed E-state index contributed by atoms with van der Waals surface area (Å²) in [6.45, 7) is 2.93. The Balaban J connectivity index is 2.32. The predicted molar refractivity (Wildman–Crippen MR) is 89.8 cm³/mol. The Bertz CT molecular complexity index is 682. The molecule has 0 unspecified atom stereocenters. The molecule has 1 aromatic carbocycles. The van der Waals surface area contributed by atoms with Crippen LogP contribution in [0.1, 0.15) is 13.8 Å². The first-order chi connectivity index (χ1) is 10.1. The van der Waals surface area contributed by atoms with E-state index in [9.17, 15) is 9.59 Å². The van der Waals surface area contributed by atoms with Crippen LogP contribution >= 0.6 is 55.1 Å². The number of nitrogens with one attached hydrogen (secondary N) is 1. The molecule has 1 aliphatic rings. The number of carbonyl (C=O) groups excluding carboxylic acids is 2. The fraction of sp³-hybridized carbons (Fsp3) is 0.231. The minimum absolute atomic E-state index is 0.220. The molecule has 0 radical (unpaired) electrons. The van der Waals surface area contributed by atoms with Gasteiger partial charge in [0.25, 0.3) is 5.79 Å². The van der Waals surface area contributed by atoms with E-state index in [1.165, 1.54) is 13.8 Å². The van der Waals surface area contributed by atoms with Crippen molar-refractivity contribution in [2.75, 3.05) is 5.32 Å². The molecule has 1 aromatic rings. The lowest BCUT2D eigenvalue weighted by molar-refractivity contribution is -0.222. The minimum atomic E-state index is -1.29. The molecule has 22 heavy (non-hydrogen) atoms. The van der Waals surface area contributed by atoms with E-state index in [2.05, 4.69) is 37.2 Å². The molecular weight excluding hydrogens is 465 g/mol. The summed E-state index contributed by atoms with van der Waals surface area (Å²) >= 11 is 18.7. The van der Waals surface area contributed by atoms with E-state index >= 15 is 0 Å². The predicted octanol–water partition coefficient (Wildman–Crippen LogP) is 4.65. The lowest BCUT2D eigenvalue weighted by Gasteiger charge is -2.29. The highest BCUT2D eigenvalue weighted by Gasteiger charge is 2.39. The van der Waals surface area contributed by atoms with Gasteiger partial charge in [0, 0.05) is 29.0 Å². The van der Waals surface area contributed by atoms with Crippen molar-refractivity contribution in [1.82, 2.24) is 0 Å². The van der Waals surface area contributed by atoms with Gasteiger partial charge in [0.05, 0.1) is 15.7 Å². The molecule has 0 aliphatic carbocycles. The zero-order valence-electron chi connectivity index (χ0n) is 11.3. The summed E-state index contributed by atoms with van der Waals surface area (Å²) < 4.78 is 11.1. The van der Waals surface area contributed by atoms with E-state index in [0.29, 0.717) is 19.7 Å². The van der Waals surface area contributed by atoms with Gasteiger partial charge in [0.15, 0.2) is 5.57 Å². The number of carbonyl (C=O) groups is 2. The number of cyclic esters (lactones) is 2. The molecule has 0 atom stereocenters. The average molecular weight is 474 g/mol. The van der Waals surface area contributed by atoms with Crippen molar-refractivity contribution in [3.05, 3.63) is 36.8 Å². The van der Waals surface area contributed by atoms with Gasteiger partial charge in [-0.1, -0.05) is 23.2 Å². The molecule has 1 saturated heterocycles. The monoisotopic (exact) mass is 471 g/mol.